The summed E-state index contributed by atoms with van der Waals surface area (Å²) >= 11 is 0. The quantitative estimate of drug-likeness (QED) is 0.478. The SMILES string of the molecule is C=C(/C=C\C(=C/C)c1cnc2c(C)c(-c3cc(C)nc(C)c3)[nH]c2c1)N1CCNCC1.CC. The number of aryl methyl sites for hydroxylation is 3. The van der Waals surface area contributed by atoms with Crippen LogP contribution in [-0.2, 0) is 0 Å². The number of aromatic nitrogens is 3. The number of piperazine rings is 1. The number of aromatic amines is 1. The molecule has 3 aromatic heterocycles. The van der Waals surface area contributed by atoms with Crippen LogP contribution in [0.5, 0.6) is 0 Å². The van der Waals surface area contributed by atoms with Crippen LogP contribution in [0.3, 0.4) is 0 Å². The normalized spacial score (nSPS) is 14.5. The molecule has 4 heterocycles. The molecule has 33 heavy (non-hydrogen) atoms. The molecule has 1 aliphatic rings. The van der Waals surface area contributed by atoms with E-state index < -0.39 is 0 Å². The standard InChI is InChI=1S/C26H31N5.C2H6/c1-6-21(8-7-19(4)31-11-9-27-10-12-31)23-15-24-26(28-16-23)20(5)25(30-24)22-13-17(2)29-18(3)14-22;1-2/h6-8,13-16,27,30H,4,9-12H2,1-3,5H3;1-2H3/b8-7-,21-6+;. The van der Waals surface area contributed by atoms with E-state index in [4.69, 9.17) is 4.98 Å². The Kier molecular flexibility index (Phi) is 8.23. The lowest BCUT2D eigenvalue weighted by Gasteiger charge is -2.29. The first kappa shape index (κ1) is 24.5. The summed E-state index contributed by atoms with van der Waals surface area (Å²) < 4.78 is 0. The summed E-state index contributed by atoms with van der Waals surface area (Å²) in [6.07, 6.45) is 8.33. The Morgan fingerprint density at radius 2 is 1.70 bits per heavy atom. The summed E-state index contributed by atoms with van der Waals surface area (Å²) in [7, 11) is 0. The fourth-order valence-electron chi connectivity index (χ4n) is 4.23. The second kappa shape index (κ2) is 11.1. The molecule has 1 aliphatic heterocycles. The van der Waals surface area contributed by atoms with E-state index in [9.17, 15) is 0 Å². The van der Waals surface area contributed by atoms with Crippen LogP contribution >= 0.6 is 0 Å². The van der Waals surface area contributed by atoms with Crippen molar-refractivity contribution in [2.24, 2.45) is 0 Å². The summed E-state index contributed by atoms with van der Waals surface area (Å²) in [5.41, 5.74) is 10.8. The predicted molar refractivity (Wildman–Crippen MR) is 141 cm³/mol. The van der Waals surface area contributed by atoms with E-state index in [2.05, 4.69) is 77.0 Å². The minimum atomic E-state index is 1.00. The molecule has 5 heteroatoms. The van der Waals surface area contributed by atoms with E-state index in [1.165, 1.54) is 0 Å². The lowest BCUT2D eigenvalue weighted by Crippen LogP contribution is -2.42. The fraction of sp³-hybridized carbons (Fsp3) is 0.357. The minimum absolute atomic E-state index is 1.00. The molecule has 0 spiro atoms. The van der Waals surface area contributed by atoms with Gasteiger partial charge in [0.1, 0.15) is 0 Å². The van der Waals surface area contributed by atoms with Crippen molar-refractivity contribution < 1.29 is 0 Å². The van der Waals surface area contributed by atoms with E-state index in [1.54, 1.807) is 0 Å². The van der Waals surface area contributed by atoms with Gasteiger partial charge in [-0.1, -0.05) is 32.6 Å². The Balaban J connectivity index is 0.00000149. The number of fused-ring (bicyclic) bond motifs is 1. The van der Waals surface area contributed by atoms with Gasteiger partial charge in [-0.2, -0.15) is 0 Å². The number of pyridine rings is 2. The molecule has 0 radical (unpaired) electrons. The molecule has 0 aromatic carbocycles. The molecular formula is C28H37N5. The largest absolute Gasteiger partial charge is 0.369 e. The van der Waals surface area contributed by atoms with Gasteiger partial charge in [-0.15, -0.1) is 0 Å². The summed E-state index contributed by atoms with van der Waals surface area (Å²) in [6.45, 7) is 20.5. The van der Waals surface area contributed by atoms with Crippen LogP contribution in [0.2, 0.25) is 0 Å². The molecule has 0 atom stereocenters. The first-order chi connectivity index (χ1) is 16.0. The molecule has 0 bridgehead atoms. The predicted octanol–water partition coefficient (Wildman–Crippen LogP) is 5.95. The molecule has 0 amide bonds. The van der Waals surface area contributed by atoms with E-state index in [-0.39, 0.29) is 0 Å². The topological polar surface area (TPSA) is 56.8 Å². The van der Waals surface area contributed by atoms with Crippen molar-refractivity contribution in [2.45, 2.75) is 41.5 Å². The third kappa shape index (κ3) is 5.60. The average Bonchev–Trinajstić information content (AvgIpc) is 3.16. The first-order valence-electron chi connectivity index (χ1n) is 11.9. The van der Waals surface area contributed by atoms with Gasteiger partial charge >= 0.3 is 0 Å². The van der Waals surface area contributed by atoms with Crippen LogP contribution in [0.1, 0.15) is 43.3 Å². The average molecular weight is 444 g/mol. The number of hydrogen-bond donors (Lipinski definition) is 2. The van der Waals surface area contributed by atoms with Crippen molar-refractivity contribution >= 4 is 16.6 Å². The molecule has 1 saturated heterocycles. The number of nitrogens with zero attached hydrogens (tertiary/aromatic N) is 3. The lowest BCUT2D eigenvalue weighted by molar-refractivity contribution is 0.308. The minimum Gasteiger partial charge on any atom is -0.369 e. The second-order valence-corrected chi connectivity index (χ2v) is 8.19. The molecule has 0 saturated carbocycles. The zero-order valence-corrected chi connectivity index (χ0v) is 20.9. The molecule has 0 unspecified atom stereocenters. The van der Waals surface area contributed by atoms with E-state index >= 15 is 0 Å². The van der Waals surface area contributed by atoms with E-state index in [0.717, 1.165) is 82.3 Å². The van der Waals surface area contributed by atoms with Gasteiger partial charge in [0.05, 0.1) is 16.7 Å². The molecule has 3 aromatic rings. The van der Waals surface area contributed by atoms with Crippen molar-refractivity contribution in [1.29, 1.82) is 0 Å². The van der Waals surface area contributed by atoms with Crippen LogP contribution in [0.15, 0.2) is 54.9 Å². The third-order valence-electron chi connectivity index (χ3n) is 5.87. The number of allylic oxidation sites excluding steroid dienone is 4. The zero-order chi connectivity index (χ0) is 24.0. The second-order valence-electron chi connectivity index (χ2n) is 8.19. The van der Waals surface area contributed by atoms with Crippen molar-refractivity contribution in [3.8, 4) is 11.3 Å². The van der Waals surface area contributed by atoms with Gasteiger partial charge in [-0.25, -0.2) is 0 Å². The molecule has 0 aliphatic carbocycles. The maximum atomic E-state index is 4.79. The Morgan fingerprint density at radius 1 is 1.03 bits per heavy atom. The molecule has 4 rings (SSSR count). The maximum absolute atomic E-state index is 4.79. The Bertz CT molecular complexity index is 1160. The van der Waals surface area contributed by atoms with Crippen LogP contribution in [0.4, 0.5) is 0 Å². The van der Waals surface area contributed by atoms with Crippen LogP contribution in [-0.4, -0.2) is 46.0 Å². The summed E-state index contributed by atoms with van der Waals surface area (Å²) in [6, 6.07) is 6.42. The van der Waals surface area contributed by atoms with Gasteiger partial charge in [0.2, 0.25) is 0 Å². The van der Waals surface area contributed by atoms with Crippen LogP contribution in [0, 0.1) is 20.8 Å². The highest BCUT2D eigenvalue weighted by molar-refractivity contribution is 5.90. The number of hydrogen-bond acceptors (Lipinski definition) is 4. The maximum Gasteiger partial charge on any atom is 0.0914 e. The van der Waals surface area contributed by atoms with Crippen LogP contribution < -0.4 is 5.32 Å². The third-order valence-corrected chi connectivity index (χ3v) is 5.87. The zero-order valence-electron chi connectivity index (χ0n) is 20.9. The Morgan fingerprint density at radius 3 is 2.33 bits per heavy atom. The Labute approximate surface area is 198 Å². The van der Waals surface area contributed by atoms with Gasteiger partial charge in [0.15, 0.2) is 0 Å². The van der Waals surface area contributed by atoms with E-state index in [1.807, 2.05) is 33.9 Å². The first-order valence-corrected chi connectivity index (χ1v) is 11.9. The van der Waals surface area contributed by atoms with Gasteiger partial charge < -0.3 is 15.2 Å². The smallest absolute Gasteiger partial charge is 0.0914 e. The highest BCUT2D eigenvalue weighted by atomic mass is 15.2. The van der Waals surface area contributed by atoms with Gasteiger partial charge in [-0.05, 0) is 57.5 Å². The highest BCUT2D eigenvalue weighted by Gasteiger charge is 2.13. The number of H-pyrrole nitrogens is 1. The molecule has 5 nitrogen and oxygen atoms in total. The summed E-state index contributed by atoms with van der Waals surface area (Å²) in [5.74, 6) is 0. The van der Waals surface area contributed by atoms with Crippen molar-refractivity contribution in [3.63, 3.8) is 0 Å². The Hall–Kier alpha value is -3.18. The van der Waals surface area contributed by atoms with E-state index in [0.29, 0.717) is 0 Å². The molecular weight excluding hydrogens is 406 g/mol. The van der Waals surface area contributed by atoms with Crippen molar-refractivity contribution in [2.75, 3.05) is 26.2 Å². The fourth-order valence-corrected chi connectivity index (χ4v) is 4.23. The molecule has 1 fully saturated rings. The number of nitrogens with one attached hydrogen (secondary N) is 2. The molecule has 174 valence electrons. The van der Waals surface area contributed by atoms with Crippen molar-refractivity contribution in [3.05, 3.63) is 77.4 Å². The summed E-state index contributed by atoms with van der Waals surface area (Å²) in [4.78, 5) is 15.2. The molecule has 2 N–H and O–H groups in total. The van der Waals surface area contributed by atoms with Crippen molar-refractivity contribution in [1.82, 2.24) is 25.2 Å². The van der Waals surface area contributed by atoms with Gasteiger partial charge in [0.25, 0.3) is 0 Å². The highest BCUT2D eigenvalue weighted by Crippen LogP contribution is 2.30. The lowest BCUT2D eigenvalue weighted by atomic mass is 10.1. The van der Waals surface area contributed by atoms with Crippen LogP contribution in [0.25, 0.3) is 27.9 Å². The summed E-state index contributed by atoms with van der Waals surface area (Å²) in [5, 5.41) is 3.38. The van der Waals surface area contributed by atoms with Gasteiger partial charge in [-0.3, -0.25) is 9.97 Å². The van der Waals surface area contributed by atoms with Gasteiger partial charge in [0, 0.05) is 66.2 Å². The monoisotopic (exact) mass is 443 g/mol. The number of rotatable bonds is 5.